The number of aryl methyl sites for hydroxylation is 1. The molecule has 2 aromatic heterocycles. The Bertz CT molecular complexity index is 592. The van der Waals surface area contributed by atoms with Gasteiger partial charge in [-0.3, -0.25) is 4.98 Å². The number of pyridine rings is 1. The highest BCUT2D eigenvalue weighted by atomic mass is 35.5. The van der Waals surface area contributed by atoms with Gasteiger partial charge in [0.1, 0.15) is 17.4 Å². The van der Waals surface area contributed by atoms with Crippen molar-refractivity contribution in [2.45, 2.75) is 33.1 Å². The third-order valence-corrected chi connectivity index (χ3v) is 2.89. The summed E-state index contributed by atoms with van der Waals surface area (Å²) in [5.41, 5.74) is 0. The van der Waals surface area contributed by atoms with E-state index in [1.165, 1.54) is 0 Å². The van der Waals surface area contributed by atoms with E-state index < -0.39 is 0 Å². The lowest BCUT2D eigenvalue weighted by molar-refractivity contribution is 0.456. The molecule has 2 aromatic rings. The lowest BCUT2D eigenvalue weighted by atomic mass is 10.3. The first-order chi connectivity index (χ1) is 10.2. The summed E-state index contributed by atoms with van der Waals surface area (Å²) in [6.07, 6.45) is 5.99. The van der Waals surface area contributed by atoms with Gasteiger partial charge in [0.25, 0.3) is 0 Å². The first-order valence-corrected chi connectivity index (χ1v) is 7.49. The fourth-order valence-corrected chi connectivity index (χ4v) is 1.94. The molecule has 2 heterocycles. The van der Waals surface area contributed by atoms with E-state index in [4.69, 9.17) is 16.3 Å². The van der Waals surface area contributed by atoms with Gasteiger partial charge in [0.15, 0.2) is 0 Å². The van der Waals surface area contributed by atoms with Crippen LogP contribution < -0.4 is 10.1 Å². The van der Waals surface area contributed by atoms with Crippen LogP contribution in [0.3, 0.4) is 0 Å². The normalized spacial score (nSPS) is 10.4. The average Bonchev–Trinajstić information content (AvgIpc) is 2.45. The highest BCUT2D eigenvalue weighted by molar-refractivity contribution is 6.30. The third kappa shape index (κ3) is 4.86. The number of nitrogens with one attached hydrogen (secondary N) is 1. The van der Waals surface area contributed by atoms with Gasteiger partial charge >= 0.3 is 0 Å². The van der Waals surface area contributed by atoms with Crippen LogP contribution in [-0.2, 0) is 6.42 Å². The standard InChI is InChI=1S/C15H19ClN4O/c1-3-5-13-19-14(18-6-4-2)8-15(20-13)21-12-7-11(16)9-17-10-12/h7-10H,3-6H2,1-2H3,(H,18,19,20). The zero-order chi connectivity index (χ0) is 15.1. The summed E-state index contributed by atoms with van der Waals surface area (Å²) in [7, 11) is 0. The van der Waals surface area contributed by atoms with Gasteiger partial charge in [0.2, 0.25) is 5.88 Å². The van der Waals surface area contributed by atoms with Crippen LogP contribution in [0, 0.1) is 0 Å². The number of halogens is 1. The molecule has 0 aliphatic carbocycles. The van der Waals surface area contributed by atoms with Crippen LogP contribution in [0.25, 0.3) is 0 Å². The molecule has 0 saturated carbocycles. The minimum atomic E-state index is 0.496. The van der Waals surface area contributed by atoms with Gasteiger partial charge in [-0.15, -0.1) is 0 Å². The summed E-state index contributed by atoms with van der Waals surface area (Å²) in [6.45, 7) is 5.06. The fraction of sp³-hybridized carbons (Fsp3) is 0.400. The summed E-state index contributed by atoms with van der Waals surface area (Å²) >= 11 is 5.90. The van der Waals surface area contributed by atoms with Crippen LogP contribution >= 0.6 is 11.6 Å². The molecule has 0 fully saturated rings. The van der Waals surface area contributed by atoms with Gasteiger partial charge in [0.05, 0.1) is 11.2 Å². The minimum absolute atomic E-state index is 0.496. The molecular formula is C15H19ClN4O. The molecule has 21 heavy (non-hydrogen) atoms. The van der Waals surface area contributed by atoms with E-state index in [1.54, 1.807) is 24.5 Å². The highest BCUT2D eigenvalue weighted by Crippen LogP contribution is 2.23. The van der Waals surface area contributed by atoms with Crippen LogP contribution in [0.15, 0.2) is 24.5 Å². The first kappa shape index (κ1) is 15.5. The molecule has 112 valence electrons. The van der Waals surface area contributed by atoms with Crippen LogP contribution in [0.4, 0.5) is 5.82 Å². The number of nitrogens with zero attached hydrogens (tertiary/aromatic N) is 3. The smallest absolute Gasteiger partial charge is 0.224 e. The second-order valence-corrected chi connectivity index (χ2v) is 5.06. The molecule has 0 unspecified atom stereocenters. The number of hydrogen-bond donors (Lipinski definition) is 1. The maximum absolute atomic E-state index is 5.90. The summed E-state index contributed by atoms with van der Waals surface area (Å²) in [5.74, 6) is 2.60. The maximum Gasteiger partial charge on any atom is 0.224 e. The molecule has 0 aliphatic heterocycles. The van der Waals surface area contributed by atoms with Crippen molar-refractivity contribution in [1.29, 1.82) is 0 Å². The van der Waals surface area contributed by atoms with E-state index in [0.29, 0.717) is 16.7 Å². The number of anilines is 1. The van der Waals surface area contributed by atoms with Crippen molar-refractivity contribution in [3.63, 3.8) is 0 Å². The minimum Gasteiger partial charge on any atom is -0.437 e. The molecule has 0 saturated heterocycles. The van der Waals surface area contributed by atoms with Gasteiger partial charge in [-0.05, 0) is 12.8 Å². The summed E-state index contributed by atoms with van der Waals surface area (Å²) in [6, 6.07) is 3.49. The van der Waals surface area contributed by atoms with E-state index in [9.17, 15) is 0 Å². The molecule has 0 aliphatic rings. The van der Waals surface area contributed by atoms with Crippen molar-refractivity contribution >= 4 is 17.4 Å². The Hall–Kier alpha value is -1.88. The molecule has 0 amide bonds. The quantitative estimate of drug-likeness (QED) is 0.834. The fourth-order valence-electron chi connectivity index (χ4n) is 1.77. The van der Waals surface area contributed by atoms with Crippen molar-refractivity contribution < 1.29 is 4.74 Å². The molecule has 0 aromatic carbocycles. The van der Waals surface area contributed by atoms with Crippen LogP contribution in [-0.4, -0.2) is 21.5 Å². The highest BCUT2D eigenvalue weighted by Gasteiger charge is 2.07. The SMILES string of the molecule is CCCNc1cc(Oc2cncc(Cl)c2)nc(CCC)n1. The third-order valence-electron chi connectivity index (χ3n) is 2.68. The van der Waals surface area contributed by atoms with Crippen molar-refractivity contribution in [3.05, 3.63) is 35.4 Å². The summed E-state index contributed by atoms with van der Waals surface area (Å²) < 4.78 is 5.73. The van der Waals surface area contributed by atoms with Crippen LogP contribution in [0.1, 0.15) is 32.5 Å². The van der Waals surface area contributed by atoms with E-state index in [0.717, 1.165) is 37.4 Å². The molecule has 0 atom stereocenters. The Labute approximate surface area is 129 Å². The second-order valence-electron chi connectivity index (χ2n) is 4.63. The largest absolute Gasteiger partial charge is 0.437 e. The number of ether oxygens (including phenoxy) is 1. The Morgan fingerprint density at radius 2 is 2.00 bits per heavy atom. The predicted octanol–water partition coefficient (Wildman–Crippen LogP) is 4.09. The van der Waals surface area contributed by atoms with E-state index in [1.807, 2.05) is 0 Å². The van der Waals surface area contributed by atoms with Gasteiger partial charge < -0.3 is 10.1 Å². The van der Waals surface area contributed by atoms with Crippen LogP contribution in [0.2, 0.25) is 5.02 Å². The van der Waals surface area contributed by atoms with E-state index in [2.05, 4.69) is 34.1 Å². The lowest BCUT2D eigenvalue weighted by Gasteiger charge is -2.10. The van der Waals surface area contributed by atoms with Gasteiger partial charge in [-0.1, -0.05) is 25.4 Å². The molecule has 0 spiro atoms. The van der Waals surface area contributed by atoms with Crippen molar-refractivity contribution in [2.75, 3.05) is 11.9 Å². The molecule has 0 radical (unpaired) electrons. The topological polar surface area (TPSA) is 59.9 Å². The van der Waals surface area contributed by atoms with Crippen molar-refractivity contribution in [2.24, 2.45) is 0 Å². The predicted molar refractivity (Wildman–Crippen MR) is 84.1 cm³/mol. The Balaban J connectivity index is 2.22. The molecule has 0 bridgehead atoms. The zero-order valence-electron chi connectivity index (χ0n) is 12.3. The van der Waals surface area contributed by atoms with Crippen molar-refractivity contribution in [3.8, 4) is 11.6 Å². The van der Waals surface area contributed by atoms with Gasteiger partial charge in [-0.2, -0.15) is 4.98 Å². The molecule has 6 heteroatoms. The molecule has 1 N–H and O–H groups in total. The molecule has 2 rings (SSSR count). The van der Waals surface area contributed by atoms with E-state index >= 15 is 0 Å². The number of rotatable bonds is 7. The lowest BCUT2D eigenvalue weighted by Crippen LogP contribution is -2.06. The summed E-state index contributed by atoms with van der Waals surface area (Å²) in [4.78, 5) is 12.9. The second kappa shape index (κ2) is 7.78. The van der Waals surface area contributed by atoms with Gasteiger partial charge in [0, 0.05) is 31.3 Å². The molecular weight excluding hydrogens is 288 g/mol. The first-order valence-electron chi connectivity index (χ1n) is 7.11. The Morgan fingerprint density at radius 1 is 1.14 bits per heavy atom. The Kier molecular flexibility index (Phi) is 5.75. The van der Waals surface area contributed by atoms with Crippen molar-refractivity contribution in [1.82, 2.24) is 15.0 Å². The Morgan fingerprint density at radius 3 is 2.71 bits per heavy atom. The van der Waals surface area contributed by atoms with Gasteiger partial charge in [-0.25, -0.2) is 4.98 Å². The maximum atomic E-state index is 5.90. The molecule has 5 nitrogen and oxygen atoms in total. The van der Waals surface area contributed by atoms with E-state index in [-0.39, 0.29) is 0 Å². The number of aromatic nitrogens is 3. The summed E-state index contributed by atoms with van der Waals surface area (Å²) in [5, 5.41) is 3.79. The number of hydrogen-bond acceptors (Lipinski definition) is 5. The zero-order valence-corrected chi connectivity index (χ0v) is 13.0. The monoisotopic (exact) mass is 306 g/mol. The van der Waals surface area contributed by atoms with Crippen LogP contribution in [0.5, 0.6) is 11.6 Å². The average molecular weight is 307 g/mol.